The highest BCUT2D eigenvalue weighted by Crippen LogP contribution is 2.06. The first-order valence-corrected chi connectivity index (χ1v) is 6.60. The van der Waals surface area contributed by atoms with Crippen LogP contribution < -0.4 is 5.32 Å². The molecule has 0 atom stereocenters. The molecule has 1 amide bonds. The molecule has 0 fully saturated rings. The molecule has 0 unspecified atom stereocenters. The van der Waals surface area contributed by atoms with E-state index in [-0.39, 0.29) is 19.4 Å². The maximum atomic E-state index is 11.3. The van der Waals surface area contributed by atoms with Crippen molar-refractivity contribution in [1.82, 2.24) is 5.32 Å². The highest BCUT2D eigenvalue weighted by atomic mass is 16.6. The van der Waals surface area contributed by atoms with E-state index in [9.17, 15) is 19.2 Å². The molecular weight excluding hydrogens is 298 g/mol. The third-order valence-electron chi connectivity index (χ3n) is 1.92. The Morgan fingerprint density at radius 2 is 1.68 bits per heavy atom. The van der Waals surface area contributed by atoms with E-state index in [1.807, 2.05) is 0 Å². The second-order valence-electron chi connectivity index (χ2n) is 5.23. The van der Waals surface area contributed by atoms with Crippen LogP contribution in [-0.4, -0.2) is 54.5 Å². The van der Waals surface area contributed by atoms with Crippen molar-refractivity contribution in [3.8, 4) is 0 Å². The Balaban J connectivity index is 3.74. The molecular formula is C13H21NO8. The lowest BCUT2D eigenvalue weighted by atomic mass is 10.2. The first-order valence-electron chi connectivity index (χ1n) is 6.60. The van der Waals surface area contributed by atoms with Crippen molar-refractivity contribution in [2.45, 2.75) is 39.2 Å². The number of carbonyl (C=O) groups is 4. The molecule has 126 valence electrons. The molecule has 9 heteroatoms. The summed E-state index contributed by atoms with van der Waals surface area (Å²) in [4.78, 5) is 43.9. The summed E-state index contributed by atoms with van der Waals surface area (Å²) in [6, 6.07) is 0. The fourth-order valence-electron chi connectivity index (χ4n) is 1.10. The van der Waals surface area contributed by atoms with Crippen LogP contribution >= 0.6 is 0 Å². The van der Waals surface area contributed by atoms with Gasteiger partial charge in [-0.25, -0.2) is 9.59 Å². The van der Waals surface area contributed by atoms with Gasteiger partial charge in [0.25, 0.3) is 0 Å². The van der Waals surface area contributed by atoms with Crippen LogP contribution in [0.3, 0.4) is 0 Å². The monoisotopic (exact) mass is 319 g/mol. The fraction of sp³-hybridized carbons (Fsp3) is 0.692. The number of amides is 1. The Bertz CT molecular complexity index is 413. The molecule has 22 heavy (non-hydrogen) atoms. The molecule has 0 bridgehead atoms. The zero-order valence-electron chi connectivity index (χ0n) is 12.8. The fourth-order valence-corrected chi connectivity index (χ4v) is 1.10. The van der Waals surface area contributed by atoms with E-state index in [1.165, 1.54) is 0 Å². The van der Waals surface area contributed by atoms with E-state index in [0.717, 1.165) is 0 Å². The van der Waals surface area contributed by atoms with Gasteiger partial charge in [0, 0.05) is 6.42 Å². The van der Waals surface area contributed by atoms with Crippen LogP contribution in [0.5, 0.6) is 0 Å². The lowest BCUT2D eigenvalue weighted by molar-refractivity contribution is -0.158. The van der Waals surface area contributed by atoms with Gasteiger partial charge < -0.3 is 24.6 Å². The van der Waals surface area contributed by atoms with Crippen molar-refractivity contribution in [3.05, 3.63) is 0 Å². The number of aliphatic carboxylic acids is 1. The minimum absolute atomic E-state index is 0.0706. The van der Waals surface area contributed by atoms with Crippen molar-refractivity contribution in [1.29, 1.82) is 0 Å². The van der Waals surface area contributed by atoms with E-state index in [4.69, 9.17) is 9.84 Å². The maximum Gasteiger partial charge on any atom is 0.408 e. The van der Waals surface area contributed by atoms with E-state index in [0.29, 0.717) is 0 Å². The van der Waals surface area contributed by atoms with E-state index < -0.39 is 42.8 Å². The molecule has 0 saturated heterocycles. The van der Waals surface area contributed by atoms with Gasteiger partial charge in [-0.15, -0.1) is 0 Å². The van der Waals surface area contributed by atoms with Crippen LogP contribution in [0.15, 0.2) is 0 Å². The molecule has 9 nitrogen and oxygen atoms in total. The average Bonchev–Trinajstić information content (AvgIpc) is 2.36. The third kappa shape index (κ3) is 12.7. The van der Waals surface area contributed by atoms with Crippen LogP contribution in [0.1, 0.15) is 33.6 Å². The largest absolute Gasteiger partial charge is 0.481 e. The quantitative estimate of drug-likeness (QED) is 0.375. The second kappa shape index (κ2) is 9.59. The summed E-state index contributed by atoms with van der Waals surface area (Å²) in [5, 5.41) is 10.5. The molecule has 0 aromatic heterocycles. The zero-order chi connectivity index (χ0) is 17.2. The van der Waals surface area contributed by atoms with Crippen LogP contribution in [0.25, 0.3) is 0 Å². The highest BCUT2D eigenvalue weighted by molar-refractivity contribution is 5.80. The number of rotatable bonds is 8. The van der Waals surface area contributed by atoms with Crippen LogP contribution in [0.4, 0.5) is 4.79 Å². The molecule has 0 heterocycles. The van der Waals surface area contributed by atoms with Gasteiger partial charge in [0.05, 0.1) is 6.61 Å². The lowest BCUT2D eigenvalue weighted by Crippen LogP contribution is -2.36. The van der Waals surface area contributed by atoms with Crippen molar-refractivity contribution >= 4 is 24.0 Å². The zero-order valence-corrected chi connectivity index (χ0v) is 12.8. The molecule has 0 spiro atoms. The van der Waals surface area contributed by atoms with Gasteiger partial charge in [0.15, 0.2) is 6.61 Å². The lowest BCUT2D eigenvalue weighted by Gasteiger charge is -2.19. The number of hydrogen-bond acceptors (Lipinski definition) is 7. The van der Waals surface area contributed by atoms with Gasteiger partial charge in [-0.05, 0) is 27.2 Å². The predicted molar refractivity (Wildman–Crippen MR) is 73.0 cm³/mol. The minimum atomic E-state index is -0.990. The summed E-state index contributed by atoms with van der Waals surface area (Å²) >= 11 is 0. The Labute approximate surface area is 127 Å². The number of ether oxygens (including phenoxy) is 3. The number of carboxylic acid groups (broad SMARTS) is 1. The molecule has 0 saturated carbocycles. The van der Waals surface area contributed by atoms with E-state index >= 15 is 0 Å². The summed E-state index contributed by atoms with van der Waals surface area (Å²) in [5.41, 5.74) is -0.687. The van der Waals surface area contributed by atoms with Gasteiger partial charge in [0.1, 0.15) is 12.1 Å². The Morgan fingerprint density at radius 3 is 2.23 bits per heavy atom. The summed E-state index contributed by atoms with van der Waals surface area (Å²) in [6.07, 6.45) is -0.719. The SMILES string of the molecule is CC(C)(C)OC(=O)NCC(=O)OCC(=O)OCCCC(=O)O. The topological polar surface area (TPSA) is 128 Å². The molecule has 0 rings (SSSR count). The van der Waals surface area contributed by atoms with Crippen molar-refractivity contribution in [2.75, 3.05) is 19.8 Å². The molecule has 0 aromatic carbocycles. The first-order chi connectivity index (χ1) is 10.1. The van der Waals surface area contributed by atoms with Gasteiger partial charge >= 0.3 is 24.0 Å². The van der Waals surface area contributed by atoms with Gasteiger partial charge in [0.2, 0.25) is 0 Å². The van der Waals surface area contributed by atoms with Crippen LogP contribution in [0.2, 0.25) is 0 Å². The van der Waals surface area contributed by atoms with Crippen molar-refractivity contribution < 1.29 is 38.5 Å². The summed E-state index contributed by atoms with van der Waals surface area (Å²) in [7, 11) is 0. The number of hydrogen-bond donors (Lipinski definition) is 2. The molecule has 2 N–H and O–H groups in total. The number of alkyl carbamates (subject to hydrolysis) is 1. The molecule has 0 aliphatic carbocycles. The molecule has 0 aromatic rings. The summed E-state index contributed by atoms with van der Waals surface area (Å²) in [5.74, 6) is -2.61. The number of esters is 2. The molecule has 0 aliphatic heterocycles. The second-order valence-corrected chi connectivity index (χ2v) is 5.23. The summed E-state index contributed by atoms with van der Waals surface area (Å²) in [6.45, 7) is 3.89. The standard InChI is InChI=1S/C13H21NO8/c1-13(2,3)22-12(19)14-7-10(17)21-8-11(18)20-6-4-5-9(15)16/h4-8H2,1-3H3,(H,14,19)(H,15,16). The van der Waals surface area contributed by atoms with Crippen LogP contribution in [0, 0.1) is 0 Å². The number of nitrogens with one attached hydrogen (secondary N) is 1. The van der Waals surface area contributed by atoms with Gasteiger partial charge in [-0.1, -0.05) is 0 Å². The first kappa shape index (κ1) is 19.7. The minimum Gasteiger partial charge on any atom is -0.481 e. The molecule has 0 radical (unpaired) electrons. The van der Waals surface area contributed by atoms with Gasteiger partial charge in [-0.3, -0.25) is 9.59 Å². The molecule has 0 aliphatic rings. The number of carboxylic acids is 1. The Kier molecular flexibility index (Phi) is 8.58. The van der Waals surface area contributed by atoms with E-state index in [1.54, 1.807) is 20.8 Å². The third-order valence-corrected chi connectivity index (χ3v) is 1.92. The summed E-state index contributed by atoms with van der Waals surface area (Å²) < 4.78 is 14.1. The normalized spacial score (nSPS) is 10.5. The number of carbonyl (C=O) groups excluding carboxylic acids is 3. The Morgan fingerprint density at radius 1 is 1.05 bits per heavy atom. The van der Waals surface area contributed by atoms with E-state index in [2.05, 4.69) is 14.8 Å². The average molecular weight is 319 g/mol. The van der Waals surface area contributed by atoms with Gasteiger partial charge in [-0.2, -0.15) is 0 Å². The van der Waals surface area contributed by atoms with Crippen molar-refractivity contribution in [2.24, 2.45) is 0 Å². The van der Waals surface area contributed by atoms with Crippen molar-refractivity contribution in [3.63, 3.8) is 0 Å². The van der Waals surface area contributed by atoms with Crippen LogP contribution in [-0.2, 0) is 28.6 Å². The highest BCUT2D eigenvalue weighted by Gasteiger charge is 2.17. The maximum absolute atomic E-state index is 11.3. The smallest absolute Gasteiger partial charge is 0.408 e. The predicted octanol–water partition coefficient (Wildman–Crippen LogP) is 0.462. The Hall–Kier alpha value is -2.32.